The molecule has 0 saturated carbocycles. The van der Waals surface area contributed by atoms with Crippen molar-refractivity contribution in [1.29, 1.82) is 0 Å². The fraction of sp³-hybridized carbons (Fsp3) is 0.714. The van der Waals surface area contributed by atoms with Gasteiger partial charge in [0.05, 0.1) is 13.2 Å². The first-order valence-electron chi connectivity index (χ1n) is 6.89. The maximum atomic E-state index is 6.18. The molecular formula is C14H24N2OS. The van der Waals surface area contributed by atoms with Gasteiger partial charge in [-0.15, -0.1) is 11.8 Å². The Hall–Kier alpha value is -0.290. The number of ether oxygens (including phenoxy) is 1. The van der Waals surface area contributed by atoms with Crippen molar-refractivity contribution in [2.45, 2.75) is 25.3 Å². The highest BCUT2D eigenvalue weighted by molar-refractivity contribution is 8.03. The number of nitrogens with zero attached hydrogens (tertiary/aromatic N) is 1. The van der Waals surface area contributed by atoms with Gasteiger partial charge < -0.3 is 10.5 Å². The summed E-state index contributed by atoms with van der Waals surface area (Å²) < 4.78 is 5.34. The molecule has 0 spiro atoms. The molecule has 0 aromatic rings. The fourth-order valence-corrected chi connectivity index (χ4v) is 3.20. The average molecular weight is 268 g/mol. The Morgan fingerprint density at radius 2 is 2.22 bits per heavy atom. The molecule has 0 radical (unpaired) electrons. The molecule has 102 valence electrons. The zero-order chi connectivity index (χ0) is 12.6. The summed E-state index contributed by atoms with van der Waals surface area (Å²) in [5, 5.41) is 0. The molecular weight excluding hydrogens is 244 g/mol. The fourth-order valence-electron chi connectivity index (χ4n) is 2.17. The van der Waals surface area contributed by atoms with Crippen molar-refractivity contribution in [3.8, 4) is 0 Å². The van der Waals surface area contributed by atoms with E-state index in [0.29, 0.717) is 6.04 Å². The number of hydrogen-bond acceptors (Lipinski definition) is 4. The predicted octanol–water partition coefficient (Wildman–Crippen LogP) is 2.00. The van der Waals surface area contributed by atoms with Crippen LogP contribution in [0.25, 0.3) is 0 Å². The zero-order valence-electron chi connectivity index (χ0n) is 11.0. The van der Waals surface area contributed by atoms with E-state index in [-0.39, 0.29) is 0 Å². The van der Waals surface area contributed by atoms with Crippen LogP contribution in [0.3, 0.4) is 0 Å². The number of allylic oxidation sites excluding steroid dienone is 4. The van der Waals surface area contributed by atoms with Gasteiger partial charge in [0.25, 0.3) is 0 Å². The summed E-state index contributed by atoms with van der Waals surface area (Å²) in [5.41, 5.74) is 6.18. The molecule has 2 aliphatic rings. The van der Waals surface area contributed by atoms with Crippen molar-refractivity contribution in [1.82, 2.24) is 4.90 Å². The van der Waals surface area contributed by atoms with Crippen molar-refractivity contribution in [3.05, 3.63) is 23.1 Å². The lowest BCUT2D eigenvalue weighted by Gasteiger charge is -2.27. The zero-order valence-corrected chi connectivity index (χ0v) is 11.8. The van der Waals surface area contributed by atoms with E-state index < -0.39 is 0 Å². The summed E-state index contributed by atoms with van der Waals surface area (Å²) in [6.07, 6.45) is 10.1. The van der Waals surface area contributed by atoms with Gasteiger partial charge in [0, 0.05) is 24.9 Å². The summed E-state index contributed by atoms with van der Waals surface area (Å²) in [7, 11) is 0. The molecule has 0 amide bonds. The van der Waals surface area contributed by atoms with Crippen molar-refractivity contribution in [2.24, 2.45) is 5.73 Å². The third-order valence-corrected chi connectivity index (χ3v) is 4.68. The van der Waals surface area contributed by atoms with Gasteiger partial charge in [0.15, 0.2) is 0 Å². The largest absolute Gasteiger partial charge is 0.379 e. The highest BCUT2D eigenvalue weighted by Gasteiger charge is 2.12. The van der Waals surface area contributed by atoms with Gasteiger partial charge in [0.1, 0.15) is 0 Å². The van der Waals surface area contributed by atoms with Gasteiger partial charge in [-0.25, -0.2) is 0 Å². The van der Waals surface area contributed by atoms with Crippen LogP contribution < -0.4 is 5.73 Å². The smallest absolute Gasteiger partial charge is 0.0594 e. The van der Waals surface area contributed by atoms with Gasteiger partial charge in [-0.05, 0) is 30.7 Å². The molecule has 2 rings (SSSR count). The normalized spacial score (nSPS) is 22.8. The average Bonchev–Trinajstić information content (AvgIpc) is 2.45. The lowest BCUT2D eigenvalue weighted by atomic mass is 10.2. The Kier molecular flexibility index (Phi) is 6.28. The Morgan fingerprint density at radius 1 is 1.39 bits per heavy atom. The molecule has 2 N–H and O–H groups in total. The molecule has 4 heteroatoms. The SMILES string of the molecule is NC(CCN1CCOCC1)CSC1=CC=CCC1. The lowest BCUT2D eigenvalue weighted by molar-refractivity contribution is 0.0369. The second kappa shape index (κ2) is 8.00. The first-order valence-corrected chi connectivity index (χ1v) is 7.87. The van der Waals surface area contributed by atoms with E-state index in [4.69, 9.17) is 10.5 Å². The predicted molar refractivity (Wildman–Crippen MR) is 78.8 cm³/mol. The van der Waals surface area contributed by atoms with Crippen LogP contribution >= 0.6 is 11.8 Å². The maximum Gasteiger partial charge on any atom is 0.0594 e. The molecule has 0 bridgehead atoms. The first-order chi connectivity index (χ1) is 8.84. The van der Waals surface area contributed by atoms with E-state index in [1.54, 1.807) is 0 Å². The monoisotopic (exact) mass is 268 g/mol. The van der Waals surface area contributed by atoms with Crippen molar-refractivity contribution in [3.63, 3.8) is 0 Å². The van der Waals surface area contributed by atoms with E-state index in [2.05, 4.69) is 23.1 Å². The van der Waals surface area contributed by atoms with Crippen LogP contribution in [0.5, 0.6) is 0 Å². The van der Waals surface area contributed by atoms with E-state index in [0.717, 1.165) is 45.0 Å². The van der Waals surface area contributed by atoms with Crippen molar-refractivity contribution < 1.29 is 4.74 Å². The van der Waals surface area contributed by atoms with Gasteiger partial charge in [0.2, 0.25) is 0 Å². The summed E-state index contributed by atoms with van der Waals surface area (Å²) in [4.78, 5) is 3.94. The van der Waals surface area contributed by atoms with Crippen LogP contribution in [-0.2, 0) is 4.74 Å². The van der Waals surface area contributed by atoms with Gasteiger partial charge >= 0.3 is 0 Å². The van der Waals surface area contributed by atoms with Crippen LogP contribution in [-0.4, -0.2) is 49.5 Å². The van der Waals surface area contributed by atoms with E-state index in [1.165, 1.54) is 17.7 Å². The molecule has 1 saturated heterocycles. The third-order valence-electron chi connectivity index (χ3n) is 3.38. The molecule has 0 aromatic heterocycles. The van der Waals surface area contributed by atoms with Crippen molar-refractivity contribution >= 4 is 11.8 Å². The Morgan fingerprint density at radius 3 is 2.94 bits per heavy atom. The maximum absolute atomic E-state index is 6.18. The van der Waals surface area contributed by atoms with E-state index in [9.17, 15) is 0 Å². The van der Waals surface area contributed by atoms with Gasteiger partial charge in [-0.3, -0.25) is 4.90 Å². The number of hydrogen-bond donors (Lipinski definition) is 1. The molecule has 1 atom stereocenters. The molecule has 1 aliphatic heterocycles. The van der Waals surface area contributed by atoms with Crippen LogP contribution in [0.1, 0.15) is 19.3 Å². The van der Waals surface area contributed by atoms with Crippen LogP contribution in [0.4, 0.5) is 0 Å². The second-order valence-electron chi connectivity index (χ2n) is 4.91. The van der Waals surface area contributed by atoms with Gasteiger partial charge in [-0.2, -0.15) is 0 Å². The molecule has 3 nitrogen and oxygen atoms in total. The van der Waals surface area contributed by atoms with Gasteiger partial charge in [-0.1, -0.05) is 18.2 Å². The first kappa shape index (κ1) is 14.1. The Balaban J connectivity index is 1.58. The number of morpholine rings is 1. The Bertz CT molecular complexity index is 298. The quantitative estimate of drug-likeness (QED) is 0.800. The standard InChI is InChI=1S/C14H24N2OS/c15-13(6-7-16-8-10-17-11-9-16)12-18-14-4-2-1-3-5-14/h1-2,4,13H,3,5-12,15H2. The van der Waals surface area contributed by atoms with E-state index in [1.807, 2.05) is 11.8 Å². The van der Waals surface area contributed by atoms with Crippen LogP contribution in [0.2, 0.25) is 0 Å². The summed E-state index contributed by atoms with van der Waals surface area (Å²) in [6.45, 7) is 5.00. The minimum Gasteiger partial charge on any atom is -0.379 e. The summed E-state index contributed by atoms with van der Waals surface area (Å²) in [6, 6.07) is 0.310. The minimum absolute atomic E-state index is 0.310. The highest BCUT2D eigenvalue weighted by Crippen LogP contribution is 2.24. The topological polar surface area (TPSA) is 38.5 Å². The molecule has 18 heavy (non-hydrogen) atoms. The molecule has 1 aliphatic carbocycles. The number of nitrogens with two attached hydrogens (primary N) is 1. The molecule has 0 aromatic carbocycles. The lowest BCUT2D eigenvalue weighted by Crippen LogP contribution is -2.39. The molecule has 1 unspecified atom stereocenters. The highest BCUT2D eigenvalue weighted by atomic mass is 32.2. The van der Waals surface area contributed by atoms with Crippen LogP contribution in [0.15, 0.2) is 23.1 Å². The molecule has 1 fully saturated rings. The third kappa shape index (κ3) is 5.14. The van der Waals surface area contributed by atoms with Crippen molar-refractivity contribution in [2.75, 3.05) is 38.6 Å². The second-order valence-corrected chi connectivity index (χ2v) is 6.06. The minimum atomic E-state index is 0.310. The molecule has 1 heterocycles. The number of thioether (sulfide) groups is 1. The van der Waals surface area contributed by atoms with E-state index >= 15 is 0 Å². The summed E-state index contributed by atoms with van der Waals surface area (Å²) in [5.74, 6) is 1.05. The number of rotatable bonds is 6. The summed E-state index contributed by atoms with van der Waals surface area (Å²) >= 11 is 1.93. The Labute approximate surface area is 114 Å². The van der Waals surface area contributed by atoms with Crippen LogP contribution in [0, 0.1) is 0 Å².